The zero-order chi connectivity index (χ0) is 29.4. The Kier molecular flexibility index (Phi) is 10.3. The number of carbonyl (C=O) groups excluding carboxylic acids is 2. The van der Waals surface area contributed by atoms with Crippen molar-refractivity contribution in [3.63, 3.8) is 0 Å². The van der Waals surface area contributed by atoms with Gasteiger partial charge in [-0.1, -0.05) is 0 Å². The van der Waals surface area contributed by atoms with E-state index in [9.17, 15) is 22.8 Å². The van der Waals surface area contributed by atoms with Crippen LogP contribution < -0.4 is 26.0 Å². The van der Waals surface area contributed by atoms with Crippen LogP contribution in [0, 0.1) is 28.6 Å². The van der Waals surface area contributed by atoms with Crippen LogP contribution in [0.4, 0.5) is 13.2 Å². The van der Waals surface area contributed by atoms with Crippen molar-refractivity contribution in [3.8, 4) is 5.88 Å². The first-order chi connectivity index (χ1) is 19.0. The molecule has 0 spiro atoms. The van der Waals surface area contributed by atoms with E-state index in [0.29, 0.717) is 18.0 Å². The summed E-state index contributed by atoms with van der Waals surface area (Å²) in [5, 5.41) is 26.5. The van der Waals surface area contributed by atoms with Gasteiger partial charge in [0.2, 0.25) is 11.8 Å². The normalized spacial score (nSPS) is 16.8. The SMILES string of the molecule is COc1ncc(C(F)(F)F)cc1CN/C=C(\C=N)NC(=O)C(NC(=O)/C(=C/C=N)NC(C)C)C(C1CC1)C1CC1. The first-order valence-corrected chi connectivity index (χ1v) is 13.1. The highest BCUT2D eigenvalue weighted by Gasteiger charge is 2.48. The highest BCUT2D eigenvalue weighted by molar-refractivity contribution is 6.00. The van der Waals surface area contributed by atoms with Crippen molar-refractivity contribution in [1.29, 1.82) is 10.8 Å². The van der Waals surface area contributed by atoms with Crippen molar-refractivity contribution in [2.75, 3.05) is 7.11 Å². The van der Waals surface area contributed by atoms with Gasteiger partial charge < -0.3 is 36.8 Å². The first kappa shape index (κ1) is 30.6. The summed E-state index contributed by atoms with van der Waals surface area (Å²) in [6.07, 6.45) is 4.51. The Morgan fingerprint density at radius 2 is 1.80 bits per heavy atom. The summed E-state index contributed by atoms with van der Waals surface area (Å²) in [6, 6.07) is -0.0239. The Hall–Kier alpha value is -3.90. The number of aromatic nitrogens is 1. The lowest BCUT2D eigenvalue weighted by atomic mass is 9.88. The number of rotatable bonds is 15. The van der Waals surface area contributed by atoms with Crippen molar-refractivity contribution in [1.82, 2.24) is 26.3 Å². The fourth-order valence-corrected chi connectivity index (χ4v) is 4.60. The van der Waals surface area contributed by atoms with Gasteiger partial charge in [0.1, 0.15) is 11.7 Å². The van der Waals surface area contributed by atoms with Gasteiger partial charge in [0.25, 0.3) is 5.91 Å². The molecule has 3 rings (SSSR count). The van der Waals surface area contributed by atoms with E-state index in [1.807, 2.05) is 13.8 Å². The summed E-state index contributed by atoms with van der Waals surface area (Å²) in [5.41, 5.74) is -0.562. The van der Waals surface area contributed by atoms with Crippen LogP contribution in [-0.2, 0) is 22.3 Å². The van der Waals surface area contributed by atoms with E-state index >= 15 is 0 Å². The van der Waals surface area contributed by atoms with E-state index in [2.05, 4.69) is 26.3 Å². The molecule has 2 aliphatic carbocycles. The number of hydrogen-bond acceptors (Lipinski definition) is 8. The standard InChI is InChI=1S/C27H36F3N7O3/c1-15(2)35-21(8-9-31)24(38)37-23(22(16-4-5-16)17-6-7-17)25(39)36-20(11-32)14-33-12-18-10-19(27(28,29)30)13-34-26(18)40-3/h8-11,13-17,22-23,31-33,35H,4-7,12H2,1-3H3,(H,36,39)(H,37,38)/b20-14+,21-8-,31-9?,32-11?. The van der Waals surface area contributed by atoms with Crippen molar-refractivity contribution in [3.05, 3.63) is 47.1 Å². The predicted molar refractivity (Wildman–Crippen MR) is 144 cm³/mol. The molecule has 0 aromatic carbocycles. The molecule has 1 heterocycles. The topological polar surface area (TPSA) is 152 Å². The number of hydrogen-bond donors (Lipinski definition) is 6. The van der Waals surface area contributed by atoms with Gasteiger partial charge in [-0.2, -0.15) is 13.2 Å². The molecule has 0 saturated heterocycles. The summed E-state index contributed by atoms with van der Waals surface area (Å²) in [5.74, 6) is -0.439. The Morgan fingerprint density at radius 3 is 2.30 bits per heavy atom. The lowest BCUT2D eigenvalue weighted by Gasteiger charge is -2.28. The van der Waals surface area contributed by atoms with Gasteiger partial charge >= 0.3 is 6.18 Å². The Labute approximate surface area is 231 Å². The third-order valence-electron chi connectivity index (χ3n) is 6.64. The minimum Gasteiger partial charge on any atom is -0.481 e. The van der Waals surface area contributed by atoms with Crippen molar-refractivity contribution < 1.29 is 27.5 Å². The quantitative estimate of drug-likeness (QED) is 0.142. The molecule has 1 aromatic rings. The Balaban J connectivity index is 1.76. The van der Waals surface area contributed by atoms with Crippen LogP contribution in [0.2, 0.25) is 0 Å². The van der Waals surface area contributed by atoms with Gasteiger partial charge in [-0.15, -0.1) is 0 Å². The highest BCUT2D eigenvalue weighted by atomic mass is 19.4. The summed E-state index contributed by atoms with van der Waals surface area (Å²) in [4.78, 5) is 30.3. The predicted octanol–water partition coefficient (Wildman–Crippen LogP) is 3.26. The van der Waals surface area contributed by atoms with Gasteiger partial charge in [0.05, 0.1) is 18.4 Å². The Morgan fingerprint density at radius 1 is 1.15 bits per heavy atom. The molecule has 2 amide bonds. The monoisotopic (exact) mass is 563 g/mol. The van der Waals surface area contributed by atoms with Crippen LogP contribution >= 0.6 is 0 Å². The molecular formula is C27H36F3N7O3. The maximum Gasteiger partial charge on any atom is 0.417 e. The van der Waals surface area contributed by atoms with Crippen LogP contribution in [0.5, 0.6) is 5.88 Å². The van der Waals surface area contributed by atoms with Crippen LogP contribution in [0.25, 0.3) is 0 Å². The molecule has 2 saturated carbocycles. The third kappa shape index (κ3) is 8.55. The smallest absolute Gasteiger partial charge is 0.417 e. The minimum atomic E-state index is -4.57. The summed E-state index contributed by atoms with van der Waals surface area (Å²) >= 11 is 0. The van der Waals surface area contributed by atoms with Crippen molar-refractivity contribution in [2.24, 2.45) is 17.8 Å². The fraction of sp³-hybridized carbons (Fsp3) is 0.519. The van der Waals surface area contributed by atoms with E-state index in [4.69, 9.17) is 15.6 Å². The molecule has 2 fully saturated rings. The molecule has 0 radical (unpaired) electrons. The second-order valence-corrected chi connectivity index (χ2v) is 10.3. The molecule has 2 aliphatic rings. The second-order valence-electron chi connectivity index (χ2n) is 10.3. The number of alkyl halides is 3. The number of carbonyl (C=O) groups is 2. The molecule has 40 heavy (non-hydrogen) atoms. The van der Waals surface area contributed by atoms with Crippen LogP contribution in [0.3, 0.4) is 0 Å². The summed E-state index contributed by atoms with van der Waals surface area (Å²) < 4.78 is 44.4. The average molecular weight is 564 g/mol. The fourth-order valence-electron chi connectivity index (χ4n) is 4.60. The molecular weight excluding hydrogens is 527 g/mol. The van der Waals surface area contributed by atoms with E-state index in [0.717, 1.165) is 44.2 Å². The van der Waals surface area contributed by atoms with Gasteiger partial charge in [-0.3, -0.25) is 9.59 Å². The molecule has 6 N–H and O–H groups in total. The number of allylic oxidation sites excluding steroid dienone is 2. The maximum atomic E-state index is 13.5. The molecule has 1 atom stereocenters. The number of nitrogens with one attached hydrogen (secondary N) is 6. The number of pyridine rings is 1. The number of nitrogens with zero attached hydrogens (tertiary/aromatic N) is 1. The number of methoxy groups -OCH3 is 1. The molecule has 13 heteroatoms. The molecule has 0 aliphatic heterocycles. The molecule has 1 unspecified atom stereocenters. The van der Waals surface area contributed by atoms with E-state index in [-0.39, 0.29) is 41.3 Å². The van der Waals surface area contributed by atoms with Gasteiger partial charge in [-0.05, 0) is 69.4 Å². The van der Waals surface area contributed by atoms with E-state index < -0.39 is 29.6 Å². The summed E-state index contributed by atoms with van der Waals surface area (Å²) in [6.45, 7) is 3.59. The number of amides is 2. The van der Waals surface area contributed by atoms with Gasteiger partial charge in [0, 0.05) is 43.0 Å². The van der Waals surface area contributed by atoms with Crippen LogP contribution in [-0.4, -0.2) is 48.4 Å². The largest absolute Gasteiger partial charge is 0.481 e. The summed E-state index contributed by atoms with van der Waals surface area (Å²) in [7, 11) is 1.29. The van der Waals surface area contributed by atoms with Gasteiger partial charge in [0.15, 0.2) is 0 Å². The van der Waals surface area contributed by atoms with Gasteiger partial charge in [-0.25, -0.2) is 4.98 Å². The third-order valence-corrected chi connectivity index (χ3v) is 6.64. The zero-order valence-electron chi connectivity index (χ0n) is 22.7. The highest BCUT2D eigenvalue weighted by Crippen LogP contribution is 2.50. The maximum absolute atomic E-state index is 13.5. The van der Waals surface area contributed by atoms with Crippen molar-refractivity contribution in [2.45, 2.75) is 64.3 Å². The zero-order valence-corrected chi connectivity index (χ0v) is 22.7. The number of ether oxygens (including phenoxy) is 1. The van der Waals surface area contributed by atoms with E-state index in [1.165, 1.54) is 19.4 Å². The minimum absolute atomic E-state index is 0.0117. The van der Waals surface area contributed by atoms with Crippen LogP contribution in [0.15, 0.2) is 35.9 Å². The lowest BCUT2D eigenvalue weighted by molar-refractivity contribution is -0.138. The first-order valence-electron chi connectivity index (χ1n) is 13.1. The lowest BCUT2D eigenvalue weighted by Crippen LogP contribution is -2.53. The van der Waals surface area contributed by atoms with Crippen molar-refractivity contribution >= 4 is 24.2 Å². The van der Waals surface area contributed by atoms with E-state index in [1.54, 1.807) is 0 Å². The molecule has 1 aromatic heterocycles. The molecule has 10 nitrogen and oxygen atoms in total. The number of halogens is 3. The molecule has 218 valence electrons. The molecule has 0 bridgehead atoms. The van der Waals surface area contributed by atoms with Crippen LogP contribution in [0.1, 0.15) is 50.7 Å². The second kappa shape index (κ2) is 13.4. The average Bonchev–Trinajstić information content (AvgIpc) is 3.82. The Bertz CT molecular complexity index is 1150.